The number of nitrogen functional groups attached to an aromatic ring is 1. The van der Waals surface area contributed by atoms with Crippen LogP contribution in [-0.4, -0.2) is 21.7 Å². The average molecular weight is 301 g/mol. The van der Waals surface area contributed by atoms with Crippen molar-refractivity contribution in [3.63, 3.8) is 0 Å². The number of nitrogens with two attached hydrogens (primary N) is 1. The Bertz CT molecular complexity index is 650. The van der Waals surface area contributed by atoms with Crippen LogP contribution in [0.4, 0.5) is 27.8 Å². The second-order valence-corrected chi connectivity index (χ2v) is 5.67. The molecule has 1 heterocycles. The smallest absolute Gasteiger partial charge is 0.412 e. The van der Waals surface area contributed by atoms with Gasteiger partial charge in [0.2, 0.25) is 5.95 Å². The van der Waals surface area contributed by atoms with Gasteiger partial charge in [0.25, 0.3) is 0 Å². The highest BCUT2D eigenvalue weighted by Crippen LogP contribution is 2.19. The standard InChI is InChI=1S/C15H19N5O2/c1-15(2,3)22-14(21)20-12-6-4-5-11(7-12)19-13-17-8-10(16)9-18-13/h4-9H,16H2,1-3H3,(H,20,21)(H,17,18,19). The maximum absolute atomic E-state index is 11.7. The number of anilines is 4. The molecule has 0 radical (unpaired) electrons. The van der Waals surface area contributed by atoms with E-state index < -0.39 is 11.7 Å². The second-order valence-electron chi connectivity index (χ2n) is 5.67. The molecule has 1 aromatic heterocycles. The zero-order chi connectivity index (χ0) is 16.2. The highest BCUT2D eigenvalue weighted by Gasteiger charge is 2.16. The van der Waals surface area contributed by atoms with Gasteiger partial charge in [0.15, 0.2) is 0 Å². The number of aromatic nitrogens is 2. The lowest BCUT2D eigenvalue weighted by molar-refractivity contribution is 0.0636. The minimum absolute atomic E-state index is 0.420. The fourth-order valence-electron chi connectivity index (χ4n) is 1.63. The van der Waals surface area contributed by atoms with Gasteiger partial charge in [0.05, 0.1) is 18.1 Å². The van der Waals surface area contributed by atoms with E-state index in [9.17, 15) is 4.79 Å². The summed E-state index contributed by atoms with van der Waals surface area (Å²) in [5, 5.41) is 5.69. The van der Waals surface area contributed by atoms with Crippen molar-refractivity contribution in [2.75, 3.05) is 16.4 Å². The summed E-state index contributed by atoms with van der Waals surface area (Å²) in [5.74, 6) is 0.420. The van der Waals surface area contributed by atoms with Gasteiger partial charge in [-0.15, -0.1) is 0 Å². The third-order valence-corrected chi connectivity index (χ3v) is 2.44. The lowest BCUT2D eigenvalue weighted by Gasteiger charge is -2.19. The van der Waals surface area contributed by atoms with Crippen molar-refractivity contribution >= 4 is 29.1 Å². The summed E-state index contributed by atoms with van der Waals surface area (Å²) in [6.45, 7) is 5.43. The predicted octanol–water partition coefficient (Wildman–Crippen LogP) is 3.15. The fourth-order valence-corrected chi connectivity index (χ4v) is 1.63. The molecule has 0 unspecified atom stereocenters. The predicted molar refractivity (Wildman–Crippen MR) is 86.0 cm³/mol. The molecular formula is C15H19N5O2. The Balaban J connectivity index is 2.03. The van der Waals surface area contributed by atoms with Gasteiger partial charge in [-0.05, 0) is 39.0 Å². The Kier molecular flexibility index (Phi) is 4.45. The minimum Gasteiger partial charge on any atom is -0.444 e. The van der Waals surface area contributed by atoms with Crippen molar-refractivity contribution in [2.45, 2.75) is 26.4 Å². The van der Waals surface area contributed by atoms with Gasteiger partial charge >= 0.3 is 6.09 Å². The summed E-state index contributed by atoms with van der Waals surface area (Å²) >= 11 is 0. The molecule has 116 valence electrons. The molecule has 0 saturated carbocycles. The zero-order valence-corrected chi connectivity index (χ0v) is 12.8. The Morgan fingerprint density at radius 1 is 1.18 bits per heavy atom. The molecule has 2 aromatic rings. The first-order valence-corrected chi connectivity index (χ1v) is 6.76. The largest absolute Gasteiger partial charge is 0.444 e. The first kappa shape index (κ1) is 15.6. The summed E-state index contributed by atoms with van der Waals surface area (Å²) in [6, 6.07) is 7.15. The molecule has 0 aliphatic rings. The fraction of sp³-hybridized carbons (Fsp3) is 0.267. The molecule has 7 nitrogen and oxygen atoms in total. The lowest BCUT2D eigenvalue weighted by Crippen LogP contribution is -2.27. The molecule has 22 heavy (non-hydrogen) atoms. The number of nitrogens with one attached hydrogen (secondary N) is 2. The number of amides is 1. The van der Waals surface area contributed by atoms with Crippen LogP contribution in [0.25, 0.3) is 0 Å². The normalized spacial score (nSPS) is 10.9. The number of rotatable bonds is 3. The highest BCUT2D eigenvalue weighted by atomic mass is 16.6. The third-order valence-electron chi connectivity index (χ3n) is 2.44. The maximum Gasteiger partial charge on any atom is 0.412 e. The molecule has 0 aliphatic carbocycles. The third kappa shape index (κ3) is 4.93. The van der Waals surface area contributed by atoms with Gasteiger partial charge in [-0.3, -0.25) is 5.32 Å². The lowest BCUT2D eigenvalue weighted by atomic mass is 10.2. The molecule has 0 atom stereocenters. The Morgan fingerprint density at radius 2 is 1.82 bits per heavy atom. The number of hydrogen-bond acceptors (Lipinski definition) is 6. The molecular weight excluding hydrogens is 282 g/mol. The van der Waals surface area contributed by atoms with Crippen LogP contribution in [0.15, 0.2) is 36.7 Å². The zero-order valence-electron chi connectivity index (χ0n) is 12.8. The van der Waals surface area contributed by atoms with Crippen LogP contribution in [-0.2, 0) is 4.74 Å². The van der Waals surface area contributed by atoms with E-state index in [-0.39, 0.29) is 0 Å². The molecule has 0 saturated heterocycles. The monoisotopic (exact) mass is 301 g/mol. The molecule has 0 aliphatic heterocycles. The van der Waals surface area contributed by atoms with E-state index in [1.54, 1.807) is 18.2 Å². The summed E-state index contributed by atoms with van der Waals surface area (Å²) in [7, 11) is 0. The molecule has 1 aromatic carbocycles. The number of carbonyl (C=O) groups is 1. The van der Waals surface area contributed by atoms with E-state index in [0.717, 1.165) is 5.69 Å². The Labute approximate surface area is 128 Å². The van der Waals surface area contributed by atoms with Crippen molar-refractivity contribution < 1.29 is 9.53 Å². The first-order chi connectivity index (χ1) is 10.3. The number of hydrogen-bond donors (Lipinski definition) is 3. The van der Waals surface area contributed by atoms with E-state index in [0.29, 0.717) is 17.3 Å². The summed E-state index contributed by atoms with van der Waals surface area (Å²) in [4.78, 5) is 19.8. The van der Waals surface area contributed by atoms with Crippen LogP contribution in [0, 0.1) is 0 Å². The van der Waals surface area contributed by atoms with Crippen molar-refractivity contribution in [3.8, 4) is 0 Å². The Hall–Kier alpha value is -2.83. The number of nitrogens with zero attached hydrogens (tertiary/aromatic N) is 2. The van der Waals surface area contributed by atoms with Crippen molar-refractivity contribution in [2.24, 2.45) is 0 Å². The van der Waals surface area contributed by atoms with Crippen LogP contribution < -0.4 is 16.4 Å². The van der Waals surface area contributed by atoms with Crippen LogP contribution >= 0.6 is 0 Å². The highest BCUT2D eigenvalue weighted by molar-refractivity contribution is 5.85. The summed E-state index contributed by atoms with van der Waals surface area (Å²) < 4.78 is 5.20. The number of benzene rings is 1. The number of ether oxygens (including phenoxy) is 1. The Morgan fingerprint density at radius 3 is 2.45 bits per heavy atom. The molecule has 0 fully saturated rings. The first-order valence-electron chi connectivity index (χ1n) is 6.76. The number of carbonyl (C=O) groups excluding carboxylic acids is 1. The summed E-state index contributed by atoms with van der Waals surface area (Å²) in [6.07, 6.45) is 2.52. The van der Waals surface area contributed by atoms with E-state index in [1.807, 2.05) is 26.8 Å². The second kappa shape index (κ2) is 6.30. The summed E-state index contributed by atoms with van der Waals surface area (Å²) in [5.41, 5.74) is 6.82. The van der Waals surface area contributed by atoms with E-state index in [4.69, 9.17) is 10.5 Å². The SMILES string of the molecule is CC(C)(C)OC(=O)Nc1cccc(Nc2ncc(N)cn2)c1. The molecule has 0 spiro atoms. The van der Waals surface area contributed by atoms with Crippen molar-refractivity contribution in [3.05, 3.63) is 36.7 Å². The average Bonchev–Trinajstić information content (AvgIpc) is 2.39. The van der Waals surface area contributed by atoms with E-state index >= 15 is 0 Å². The van der Waals surface area contributed by atoms with Gasteiger partial charge in [0.1, 0.15) is 5.60 Å². The molecule has 2 rings (SSSR count). The van der Waals surface area contributed by atoms with Crippen molar-refractivity contribution in [1.29, 1.82) is 0 Å². The van der Waals surface area contributed by atoms with Crippen LogP contribution in [0.3, 0.4) is 0 Å². The van der Waals surface area contributed by atoms with Gasteiger partial charge in [-0.25, -0.2) is 14.8 Å². The van der Waals surface area contributed by atoms with Crippen LogP contribution in [0.1, 0.15) is 20.8 Å². The van der Waals surface area contributed by atoms with Crippen LogP contribution in [0.5, 0.6) is 0 Å². The topological polar surface area (TPSA) is 102 Å². The molecule has 7 heteroatoms. The molecule has 4 N–H and O–H groups in total. The molecule has 0 bridgehead atoms. The van der Waals surface area contributed by atoms with Gasteiger partial charge < -0.3 is 15.8 Å². The molecule has 1 amide bonds. The van der Waals surface area contributed by atoms with Gasteiger partial charge in [0, 0.05) is 11.4 Å². The van der Waals surface area contributed by atoms with Gasteiger partial charge in [-0.1, -0.05) is 6.07 Å². The van der Waals surface area contributed by atoms with E-state index in [2.05, 4.69) is 20.6 Å². The quantitative estimate of drug-likeness (QED) is 0.805. The van der Waals surface area contributed by atoms with Gasteiger partial charge in [-0.2, -0.15) is 0 Å². The van der Waals surface area contributed by atoms with Crippen molar-refractivity contribution in [1.82, 2.24) is 9.97 Å². The van der Waals surface area contributed by atoms with E-state index in [1.165, 1.54) is 12.4 Å². The minimum atomic E-state index is -0.544. The van der Waals surface area contributed by atoms with Crippen LogP contribution in [0.2, 0.25) is 0 Å². The maximum atomic E-state index is 11.7.